The van der Waals surface area contributed by atoms with Crippen LogP contribution in [-0.4, -0.2) is 30.6 Å². The molecule has 1 heterocycles. The topological polar surface area (TPSA) is 15.3 Å². The van der Waals surface area contributed by atoms with Gasteiger partial charge in [-0.3, -0.25) is 4.90 Å². The van der Waals surface area contributed by atoms with E-state index in [4.69, 9.17) is 0 Å². The van der Waals surface area contributed by atoms with Crippen molar-refractivity contribution in [3.63, 3.8) is 0 Å². The van der Waals surface area contributed by atoms with Crippen molar-refractivity contribution in [1.29, 1.82) is 0 Å². The molecule has 1 aliphatic heterocycles. The number of aryl methyl sites for hydroxylation is 3. The molecule has 1 aromatic carbocycles. The van der Waals surface area contributed by atoms with Crippen LogP contribution in [0.2, 0.25) is 0 Å². The molecular formula is C16H26N2. The van der Waals surface area contributed by atoms with Crippen LogP contribution in [0, 0.1) is 20.8 Å². The summed E-state index contributed by atoms with van der Waals surface area (Å²) in [6.45, 7) is 14.7. The van der Waals surface area contributed by atoms with Gasteiger partial charge < -0.3 is 5.32 Å². The first-order valence-corrected chi connectivity index (χ1v) is 7.04. The molecule has 1 fully saturated rings. The highest BCUT2D eigenvalue weighted by Crippen LogP contribution is 2.28. The minimum absolute atomic E-state index is 0.523. The third-order valence-corrected chi connectivity index (χ3v) is 4.10. The third-order valence-electron chi connectivity index (χ3n) is 4.10. The predicted octanol–water partition coefficient (Wildman–Crippen LogP) is 2.97. The Hall–Kier alpha value is -0.860. The molecule has 0 bridgehead atoms. The molecule has 1 aromatic rings. The Balaban J connectivity index is 2.25. The van der Waals surface area contributed by atoms with E-state index in [0.29, 0.717) is 12.1 Å². The molecule has 2 unspecified atom stereocenters. The number of hydrogen-bond acceptors (Lipinski definition) is 2. The molecule has 1 aliphatic rings. The Morgan fingerprint density at radius 1 is 1.22 bits per heavy atom. The summed E-state index contributed by atoms with van der Waals surface area (Å²) in [5, 5.41) is 3.51. The van der Waals surface area contributed by atoms with E-state index in [2.05, 4.69) is 57.0 Å². The van der Waals surface area contributed by atoms with Gasteiger partial charge in [-0.2, -0.15) is 0 Å². The van der Waals surface area contributed by atoms with Crippen molar-refractivity contribution in [1.82, 2.24) is 10.2 Å². The molecule has 0 aliphatic carbocycles. The monoisotopic (exact) mass is 246 g/mol. The summed E-state index contributed by atoms with van der Waals surface area (Å²) in [4.78, 5) is 2.60. The van der Waals surface area contributed by atoms with Gasteiger partial charge >= 0.3 is 0 Å². The highest BCUT2D eigenvalue weighted by molar-refractivity contribution is 5.39. The fraction of sp³-hybridized carbons (Fsp3) is 0.625. The van der Waals surface area contributed by atoms with Crippen LogP contribution in [0.5, 0.6) is 0 Å². The van der Waals surface area contributed by atoms with Crippen molar-refractivity contribution in [2.45, 2.75) is 46.7 Å². The molecule has 100 valence electrons. The van der Waals surface area contributed by atoms with Crippen LogP contribution >= 0.6 is 0 Å². The van der Waals surface area contributed by atoms with Crippen molar-refractivity contribution >= 4 is 0 Å². The first-order valence-electron chi connectivity index (χ1n) is 7.04. The van der Waals surface area contributed by atoms with E-state index in [0.717, 1.165) is 19.6 Å². The summed E-state index contributed by atoms with van der Waals surface area (Å²) in [6, 6.07) is 5.75. The van der Waals surface area contributed by atoms with Gasteiger partial charge in [0, 0.05) is 31.7 Å². The van der Waals surface area contributed by atoms with Gasteiger partial charge in [-0.05, 0) is 51.3 Å². The molecule has 2 atom stereocenters. The van der Waals surface area contributed by atoms with E-state index >= 15 is 0 Å². The maximum absolute atomic E-state index is 3.51. The van der Waals surface area contributed by atoms with Crippen LogP contribution in [0.4, 0.5) is 0 Å². The van der Waals surface area contributed by atoms with Crippen LogP contribution in [0.25, 0.3) is 0 Å². The molecule has 0 radical (unpaired) electrons. The van der Waals surface area contributed by atoms with Gasteiger partial charge in [-0.1, -0.05) is 17.7 Å². The minimum atomic E-state index is 0.523. The average molecular weight is 246 g/mol. The molecule has 2 nitrogen and oxygen atoms in total. The van der Waals surface area contributed by atoms with E-state index < -0.39 is 0 Å². The average Bonchev–Trinajstić information content (AvgIpc) is 2.27. The first-order chi connectivity index (χ1) is 8.49. The summed E-state index contributed by atoms with van der Waals surface area (Å²) in [7, 11) is 0. The number of nitrogens with zero attached hydrogens (tertiary/aromatic N) is 1. The summed E-state index contributed by atoms with van der Waals surface area (Å²) in [6.07, 6.45) is 0. The smallest absolute Gasteiger partial charge is 0.0326 e. The lowest BCUT2D eigenvalue weighted by Gasteiger charge is -2.37. The highest BCUT2D eigenvalue weighted by atomic mass is 15.2. The molecule has 1 saturated heterocycles. The first kappa shape index (κ1) is 13.6. The summed E-state index contributed by atoms with van der Waals surface area (Å²) < 4.78 is 0. The number of nitrogens with one attached hydrogen (secondary N) is 1. The zero-order valence-corrected chi connectivity index (χ0v) is 12.4. The second-order valence-electron chi connectivity index (χ2n) is 5.84. The number of hydrogen-bond donors (Lipinski definition) is 1. The van der Waals surface area contributed by atoms with Crippen molar-refractivity contribution in [3.8, 4) is 0 Å². The van der Waals surface area contributed by atoms with Crippen molar-refractivity contribution < 1.29 is 0 Å². The summed E-state index contributed by atoms with van der Waals surface area (Å²) in [5.41, 5.74) is 5.77. The fourth-order valence-electron chi connectivity index (χ4n) is 3.35. The number of piperazine rings is 1. The maximum Gasteiger partial charge on any atom is 0.0326 e. The maximum atomic E-state index is 3.51. The number of benzene rings is 1. The van der Waals surface area contributed by atoms with Crippen LogP contribution < -0.4 is 5.32 Å². The van der Waals surface area contributed by atoms with Gasteiger partial charge in [-0.15, -0.1) is 0 Å². The lowest BCUT2D eigenvalue weighted by atomic mass is 9.93. The zero-order chi connectivity index (χ0) is 13.3. The van der Waals surface area contributed by atoms with Crippen LogP contribution in [-0.2, 0) is 0 Å². The molecule has 0 spiro atoms. The van der Waals surface area contributed by atoms with E-state index in [1.165, 1.54) is 22.3 Å². The Bertz CT molecular complexity index is 402. The van der Waals surface area contributed by atoms with Gasteiger partial charge in [0.2, 0.25) is 0 Å². The summed E-state index contributed by atoms with van der Waals surface area (Å²) in [5.74, 6) is 0. The van der Waals surface area contributed by atoms with E-state index in [-0.39, 0.29) is 0 Å². The highest BCUT2D eigenvalue weighted by Gasteiger charge is 2.23. The number of rotatable bonds is 2. The lowest BCUT2D eigenvalue weighted by Crippen LogP contribution is -2.50. The second-order valence-corrected chi connectivity index (χ2v) is 5.84. The Morgan fingerprint density at radius 3 is 2.39 bits per heavy atom. The van der Waals surface area contributed by atoms with Crippen LogP contribution in [0.1, 0.15) is 42.1 Å². The van der Waals surface area contributed by atoms with Gasteiger partial charge in [0.05, 0.1) is 0 Å². The van der Waals surface area contributed by atoms with Gasteiger partial charge in [0.15, 0.2) is 0 Å². The molecule has 0 amide bonds. The van der Waals surface area contributed by atoms with Crippen molar-refractivity contribution in [3.05, 3.63) is 34.4 Å². The van der Waals surface area contributed by atoms with E-state index in [9.17, 15) is 0 Å². The second kappa shape index (κ2) is 5.41. The van der Waals surface area contributed by atoms with E-state index in [1.807, 2.05) is 0 Å². The van der Waals surface area contributed by atoms with Gasteiger partial charge in [0.1, 0.15) is 0 Å². The zero-order valence-electron chi connectivity index (χ0n) is 12.4. The van der Waals surface area contributed by atoms with Gasteiger partial charge in [0.25, 0.3) is 0 Å². The molecule has 18 heavy (non-hydrogen) atoms. The molecular weight excluding hydrogens is 220 g/mol. The quantitative estimate of drug-likeness (QED) is 0.863. The third kappa shape index (κ3) is 2.76. The van der Waals surface area contributed by atoms with Gasteiger partial charge in [-0.25, -0.2) is 0 Å². The molecule has 0 aromatic heterocycles. The minimum Gasteiger partial charge on any atom is -0.312 e. The van der Waals surface area contributed by atoms with E-state index in [1.54, 1.807) is 0 Å². The fourth-order valence-corrected chi connectivity index (χ4v) is 3.35. The van der Waals surface area contributed by atoms with Crippen LogP contribution in [0.15, 0.2) is 12.1 Å². The molecule has 2 heteroatoms. The Morgan fingerprint density at radius 2 is 1.83 bits per heavy atom. The Labute approximate surface area is 111 Å². The normalized spacial score (nSPS) is 23.1. The standard InChI is InChI=1S/C16H26N2/c1-11-8-12(2)16(13(3)9-11)15(5)18-7-6-17-14(4)10-18/h8-9,14-15,17H,6-7,10H2,1-5H3. The summed E-state index contributed by atoms with van der Waals surface area (Å²) >= 11 is 0. The molecule has 2 rings (SSSR count). The largest absolute Gasteiger partial charge is 0.312 e. The van der Waals surface area contributed by atoms with Crippen LogP contribution in [0.3, 0.4) is 0 Å². The molecule has 1 N–H and O–H groups in total. The van der Waals surface area contributed by atoms with Crippen molar-refractivity contribution in [2.75, 3.05) is 19.6 Å². The SMILES string of the molecule is Cc1cc(C)c(C(C)N2CCNC(C)C2)c(C)c1. The molecule has 0 saturated carbocycles. The predicted molar refractivity (Wildman–Crippen MR) is 78.1 cm³/mol. The lowest BCUT2D eigenvalue weighted by molar-refractivity contribution is 0.158. The Kier molecular flexibility index (Phi) is 4.08. The van der Waals surface area contributed by atoms with Crippen molar-refractivity contribution in [2.24, 2.45) is 0 Å².